The third kappa shape index (κ3) is 5.90. The molecule has 10 heteroatoms. The predicted octanol–water partition coefficient (Wildman–Crippen LogP) is 6.28. The van der Waals surface area contributed by atoms with Crippen LogP contribution < -0.4 is 15.1 Å². The Labute approximate surface area is 249 Å². The van der Waals surface area contributed by atoms with E-state index >= 15 is 0 Å². The molecule has 2 heterocycles. The highest BCUT2D eigenvalue weighted by Crippen LogP contribution is 2.43. The number of amides is 3. The van der Waals surface area contributed by atoms with Crippen LogP contribution in [0, 0.1) is 10.1 Å². The molecule has 0 radical (unpaired) electrons. The Morgan fingerprint density at radius 3 is 2.35 bits per heavy atom. The number of nitro benzene ring substituents is 1. The minimum atomic E-state index is -0.754. The molecule has 0 aliphatic carbocycles. The number of furan rings is 1. The van der Waals surface area contributed by atoms with Crippen molar-refractivity contribution in [3.8, 4) is 11.3 Å². The number of nitrogens with one attached hydrogen (secondary N) is 1. The van der Waals surface area contributed by atoms with Crippen LogP contribution in [-0.2, 0) is 9.59 Å². The van der Waals surface area contributed by atoms with Crippen molar-refractivity contribution in [2.75, 3.05) is 9.80 Å². The van der Waals surface area contributed by atoms with E-state index in [9.17, 15) is 24.5 Å². The maximum Gasteiger partial charge on any atom is 0.294 e. The molecule has 3 aromatic carbocycles. The van der Waals surface area contributed by atoms with Crippen molar-refractivity contribution >= 4 is 34.8 Å². The van der Waals surface area contributed by atoms with Crippen LogP contribution in [0.5, 0.6) is 0 Å². The topological polar surface area (TPSA) is 126 Å². The molecule has 1 aliphatic heterocycles. The van der Waals surface area contributed by atoms with E-state index in [0.29, 0.717) is 29.1 Å². The summed E-state index contributed by atoms with van der Waals surface area (Å²) >= 11 is 0. The van der Waals surface area contributed by atoms with Gasteiger partial charge in [0.15, 0.2) is 5.76 Å². The normalized spacial score (nSPS) is 16.6. The summed E-state index contributed by atoms with van der Waals surface area (Å²) in [6, 6.07) is 24.5. The SMILES string of the molecule is CCC(=O)NC(C)C(=O)N(c1ccccc1)[C@@H]1C[C@H](C)N(C(=O)c2ccc(-c3ccc([N+](=O)[O-])cc3)o2)c2ccccc21. The lowest BCUT2D eigenvalue weighted by molar-refractivity contribution is -0.384. The van der Waals surface area contributed by atoms with E-state index in [0.717, 1.165) is 5.56 Å². The summed E-state index contributed by atoms with van der Waals surface area (Å²) in [6.45, 7) is 5.34. The molecule has 1 unspecified atom stereocenters. The Hall–Kier alpha value is -5.25. The fourth-order valence-corrected chi connectivity index (χ4v) is 5.47. The highest BCUT2D eigenvalue weighted by atomic mass is 16.6. The molecule has 1 N–H and O–H groups in total. The van der Waals surface area contributed by atoms with Gasteiger partial charge in [0, 0.05) is 41.5 Å². The average Bonchev–Trinajstić information content (AvgIpc) is 3.52. The van der Waals surface area contributed by atoms with Crippen LogP contribution in [0.15, 0.2) is 95.4 Å². The van der Waals surface area contributed by atoms with Crippen LogP contribution in [0.3, 0.4) is 0 Å². The first-order chi connectivity index (χ1) is 20.7. The standard InChI is InChI=1S/C33H32N4O6/c1-4-31(38)34-22(3)32(39)36(24-10-6-5-7-11-24)28-20-21(2)35(27-13-9-8-12-26(27)28)33(40)30-19-18-29(43-30)23-14-16-25(17-15-23)37(41)42/h5-19,21-22,28H,4,20H2,1-3H3,(H,34,38)/t21-,22?,28+/m0/s1. The number of para-hydroxylation sites is 2. The van der Waals surface area contributed by atoms with Gasteiger partial charge >= 0.3 is 0 Å². The van der Waals surface area contributed by atoms with Crippen molar-refractivity contribution in [3.63, 3.8) is 0 Å². The molecule has 0 saturated carbocycles. The molecule has 5 rings (SSSR count). The Balaban J connectivity index is 1.49. The first-order valence-electron chi connectivity index (χ1n) is 14.1. The van der Waals surface area contributed by atoms with Gasteiger partial charge in [0.25, 0.3) is 11.6 Å². The van der Waals surface area contributed by atoms with Gasteiger partial charge < -0.3 is 19.5 Å². The van der Waals surface area contributed by atoms with Crippen LogP contribution >= 0.6 is 0 Å². The van der Waals surface area contributed by atoms with E-state index in [1.807, 2.05) is 61.5 Å². The Bertz CT molecular complexity index is 1650. The summed E-state index contributed by atoms with van der Waals surface area (Å²) in [5.41, 5.74) is 2.71. The zero-order chi connectivity index (χ0) is 30.7. The number of non-ortho nitro benzene ring substituents is 1. The van der Waals surface area contributed by atoms with Gasteiger partial charge in [-0.2, -0.15) is 0 Å². The minimum absolute atomic E-state index is 0.0370. The molecule has 220 valence electrons. The lowest BCUT2D eigenvalue weighted by Crippen LogP contribution is -2.52. The van der Waals surface area contributed by atoms with Crippen LogP contribution in [-0.4, -0.2) is 34.7 Å². The zero-order valence-corrected chi connectivity index (χ0v) is 24.1. The average molecular weight is 581 g/mol. The molecule has 4 aromatic rings. The third-order valence-corrected chi connectivity index (χ3v) is 7.61. The van der Waals surface area contributed by atoms with Gasteiger partial charge in [-0.25, -0.2) is 0 Å². The van der Waals surface area contributed by atoms with E-state index in [2.05, 4.69) is 5.32 Å². The van der Waals surface area contributed by atoms with Gasteiger partial charge in [-0.3, -0.25) is 24.5 Å². The van der Waals surface area contributed by atoms with Gasteiger partial charge in [-0.1, -0.05) is 43.3 Å². The van der Waals surface area contributed by atoms with Gasteiger partial charge in [0.2, 0.25) is 11.8 Å². The molecule has 0 spiro atoms. The zero-order valence-electron chi connectivity index (χ0n) is 24.1. The molecule has 10 nitrogen and oxygen atoms in total. The molecule has 1 aliphatic rings. The van der Waals surface area contributed by atoms with Gasteiger partial charge in [-0.05, 0) is 68.3 Å². The summed E-state index contributed by atoms with van der Waals surface area (Å²) in [5.74, 6) is -0.265. The molecule has 3 atom stereocenters. The molecule has 0 fully saturated rings. The molecule has 3 amide bonds. The second-order valence-corrected chi connectivity index (χ2v) is 10.5. The van der Waals surface area contributed by atoms with Crippen molar-refractivity contribution in [3.05, 3.63) is 112 Å². The Morgan fingerprint density at radius 1 is 1.00 bits per heavy atom. The fourth-order valence-electron chi connectivity index (χ4n) is 5.47. The van der Waals surface area contributed by atoms with Crippen molar-refractivity contribution in [1.29, 1.82) is 0 Å². The lowest BCUT2D eigenvalue weighted by Gasteiger charge is -2.44. The van der Waals surface area contributed by atoms with Crippen LogP contribution in [0.1, 0.15) is 55.8 Å². The number of carbonyl (C=O) groups is 3. The fraction of sp³-hybridized carbons (Fsp3) is 0.242. The maximum atomic E-state index is 13.9. The monoisotopic (exact) mass is 580 g/mol. The van der Waals surface area contributed by atoms with Crippen molar-refractivity contribution in [2.24, 2.45) is 0 Å². The number of carbonyl (C=O) groups excluding carboxylic acids is 3. The predicted molar refractivity (Wildman–Crippen MR) is 163 cm³/mol. The summed E-state index contributed by atoms with van der Waals surface area (Å²) in [5, 5.41) is 13.8. The molecule has 0 saturated heterocycles. The quantitative estimate of drug-likeness (QED) is 0.193. The summed E-state index contributed by atoms with van der Waals surface area (Å²) in [6.07, 6.45) is 0.704. The minimum Gasteiger partial charge on any atom is -0.451 e. The maximum absolute atomic E-state index is 13.9. The second kappa shape index (κ2) is 12.3. The van der Waals surface area contributed by atoms with E-state index in [1.54, 1.807) is 47.9 Å². The van der Waals surface area contributed by atoms with E-state index in [1.165, 1.54) is 12.1 Å². The van der Waals surface area contributed by atoms with E-state index in [-0.39, 0.29) is 41.6 Å². The number of fused-ring (bicyclic) bond motifs is 1. The number of hydrogen-bond donors (Lipinski definition) is 1. The highest BCUT2D eigenvalue weighted by Gasteiger charge is 2.40. The molecule has 1 aromatic heterocycles. The Morgan fingerprint density at radius 2 is 1.67 bits per heavy atom. The molecule has 43 heavy (non-hydrogen) atoms. The summed E-state index contributed by atoms with van der Waals surface area (Å²) < 4.78 is 5.94. The number of nitrogens with zero attached hydrogens (tertiary/aromatic N) is 3. The summed E-state index contributed by atoms with van der Waals surface area (Å²) in [7, 11) is 0. The van der Waals surface area contributed by atoms with Gasteiger partial charge in [0.05, 0.1) is 11.0 Å². The van der Waals surface area contributed by atoms with Gasteiger partial charge in [0.1, 0.15) is 11.8 Å². The number of nitro groups is 1. The third-order valence-electron chi connectivity index (χ3n) is 7.61. The van der Waals surface area contributed by atoms with Crippen molar-refractivity contribution < 1.29 is 23.7 Å². The molecule has 0 bridgehead atoms. The van der Waals surface area contributed by atoms with Crippen molar-refractivity contribution in [2.45, 2.75) is 51.7 Å². The summed E-state index contributed by atoms with van der Waals surface area (Å²) in [4.78, 5) is 53.9. The van der Waals surface area contributed by atoms with Crippen LogP contribution in [0.25, 0.3) is 11.3 Å². The smallest absolute Gasteiger partial charge is 0.294 e. The van der Waals surface area contributed by atoms with E-state index < -0.39 is 17.0 Å². The highest BCUT2D eigenvalue weighted by molar-refractivity contribution is 6.06. The number of rotatable bonds is 8. The number of anilines is 2. The number of hydrogen-bond acceptors (Lipinski definition) is 6. The first-order valence-corrected chi connectivity index (χ1v) is 14.1. The largest absolute Gasteiger partial charge is 0.451 e. The van der Waals surface area contributed by atoms with E-state index in [4.69, 9.17) is 4.42 Å². The molecular formula is C33H32N4O6. The lowest BCUT2D eigenvalue weighted by atomic mass is 9.89. The first kappa shape index (κ1) is 29.2. The van der Waals surface area contributed by atoms with Crippen LogP contribution in [0.2, 0.25) is 0 Å². The second-order valence-electron chi connectivity index (χ2n) is 10.5. The molecular weight excluding hydrogens is 548 g/mol. The van der Waals surface area contributed by atoms with Crippen molar-refractivity contribution in [1.82, 2.24) is 5.32 Å². The van der Waals surface area contributed by atoms with Gasteiger partial charge in [-0.15, -0.1) is 0 Å². The Kier molecular flexibility index (Phi) is 8.38. The number of benzene rings is 3. The van der Waals surface area contributed by atoms with Crippen LogP contribution in [0.4, 0.5) is 17.1 Å².